The predicted octanol–water partition coefficient (Wildman–Crippen LogP) is 4.94. The van der Waals surface area contributed by atoms with E-state index in [4.69, 9.17) is 16.6 Å². The molecule has 1 aromatic carbocycles. The van der Waals surface area contributed by atoms with Crippen molar-refractivity contribution in [2.75, 3.05) is 0 Å². The zero-order chi connectivity index (χ0) is 14.8. The van der Waals surface area contributed by atoms with Crippen molar-refractivity contribution in [2.45, 2.75) is 45.7 Å². The third kappa shape index (κ3) is 4.05. The Bertz CT molecular complexity index is 555. The van der Waals surface area contributed by atoms with E-state index in [2.05, 4.69) is 50.5 Å². The van der Waals surface area contributed by atoms with Gasteiger partial charge in [0.05, 0.1) is 10.7 Å². The highest BCUT2D eigenvalue weighted by atomic mass is 35.5. The van der Waals surface area contributed by atoms with Crippen molar-refractivity contribution >= 4 is 22.9 Å². The number of nitrogens with zero attached hydrogens (tertiary/aromatic N) is 1. The average molecular weight is 309 g/mol. The van der Waals surface area contributed by atoms with E-state index in [0.717, 1.165) is 17.3 Å². The topological polar surface area (TPSA) is 24.9 Å². The zero-order valence-corrected chi connectivity index (χ0v) is 14.0. The molecular weight excluding hydrogens is 288 g/mol. The molecule has 2 aromatic rings. The van der Waals surface area contributed by atoms with Crippen LogP contribution in [0.2, 0.25) is 5.02 Å². The molecule has 1 atom stereocenters. The van der Waals surface area contributed by atoms with Crippen LogP contribution in [-0.4, -0.2) is 4.98 Å². The van der Waals surface area contributed by atoms with Gasteiger partial charge in [0.1, 0.15) is 0 Å². The van der Waals surface area contributed by atoms with Gasteiger partial charge in [-0.3, -0.25) is 0 Å². The SMILES string of the molecule is CC(NCc1csc(C(C)(C)C)n1)c1ccc(Cl)cc1. The highest BCUT2D eigenvalue weighted by Gasteiger charge is 2.18. The summed E-state index contributed by atoms with van der Waals surface area (Å²) in [5.41, 5.74) is 2.48. The van der Waals surface area contributed by atoms with Crippen molar-refractivity contribution in [2.24, 2.45) is 0 Å². The van der Waals surface area contributed by atoms with Crippen LogP contribution in [0.1, 0.15) is 50.0 Å². The van der Waals surface area contributed by atoms with Gasteiger partial charge < -0.3 is 5.32 Å². The van der Waals surface area contributed by atoms with Gasteiger partial charge in [0.25, 0.3) is 0 Å². The minimum absolute atomic E-state index is 0.130. The Hall–Kier alpha value is -0.900. The van der Waals surface area contributed by atoms with Crippen LogP contribution in [0.3, 0.4) is 0 Å². The van der Waals surface area contributed by atoms with Gasteiger partial charge in [-0.2, -0.15) is 0 Å². The molecule has 4 heteroatoms. The van der Waals surface area contributed by atoms with E-state index in [9.17, 15) is 0 Å². The molecule has 0 fully saturated rings. The van der Waals surface area contributed by atoms with Gasteiger partial charge in [-0.05, 0) is 24.6 Å². The maximum Gasteiger partial charge on any atom is 0.0982 e. The molecule has 1 unspecified atom stereocenters. The van der Waals surface area contributed by atoms with E-state index in [-0.39, 0.29) is 11.5 Å². The molecule has 0 spiro atoms. The summed E-state index contributed by atoms with van der Waals surface area (Å²) in [5, 5.41) is 7.60. The molecule has 1 aromatic heterocycles. The largest absolute Gasteiger partial charge is 0.305 e. The molecule has 0 saturated carbocycles. The molecule has 2 rings (SSSR count). The molecule has 20 heavy (non-hydrogen) atoms. The summed E-state index contributed by atoms with van der Waals surface area (Å²) in [7, 11) is 0. The first-order valence-electron chi connectivity index (χ1n) is 6.80. The van der Waals surface area contributed by atoms with Crippen LogP contribution < -0.4 is 5.32 Å². The lowest BCUT2D eigenvalue weighted by Gasteiger charge is -2.15. The Morgan fingerprint density at radius 3 is 2.45 bits per heavy atom. The van der Waals surface area contributed by atoms with Crippen LogP contribution in [0.15, 0.2) is 29.6 Å². The summed E-state index contributed by atoms with van der Waals surface area (Å²) in [6.45, 7) is 9.52. The van der Waals surface area contributed by atoms with Crippen LogP contribution in [0.5, 0.6) is 0 Å². The van der Waals surface area contributed by atoms with Gasteiger partial charge in [-0.1, -0.05) is 44.5 Å². The van der Waals surface area contributed by atoms with Crippen molar-refractivity contribution in [3.05, 3.63) is 50.9 Å². The summed E-state index contributed by atoms with van der Waals surface area (Å²) in [6, 6.07) is 8.25. The number of hydrogen-bond donors (Lipinski definition) is 1. The van der Waals surface area contributed by atoms with Gasteiger partial charge in [0.2, 0.25) is 0 Å². The third-order valence-electron chi connectivity index (χ3n) is 3.15. The first kappa shape index (κ1) is 15.5. The maximum absolute atomic E-state index is 5.91. The van der Waals surface area contributed by atoms with Crippen molar-refractivity contribution in [1.82, 2.24) is 10.3 Å². The number of thiazole rings is 1. The molecule has 0 aliphatic heterocycles. The number of halogens is 1. The Labute approximate surface area is 130 Å². The molecule has 0 bridgehead atoms. The Morgan fingerprint density at radius 2 is 1.90 bits per heavy atom. The van der Waals surface area contributed by atoms with Crippen LogP contribution >= 0.6 is 22.9 Å². The highest BCUT2D eigenvalue weighted by Crippen LogP contribution is 2.25. The minimum Gasteiger partial charge on any atom is -0.305 e. The van der Waals surface area contributed by atoms with Gasteiger partial charge in [-0.15, -0.1) is 11.3 Å². The predicted molar refractivity (Wildman–Crippen MR) is 87.5 cm³/mol. The Balaban J connectivity index is 1.95. The lowest BCUT2D eigenvalue weighted by atomic mass is 9.98. The lowest BCUT2D eigenvalue weighted by molar-refractivity contribution is 0.556. The molecular formula is C16H21ClN2S. The number of benzene rings is 1. The van der Waals surface area contributed by atoms with Gasteiger partial charge >= 0.3 is 0 Å². The van der Waals surface area contributed by atoms with Crippen LogP contribution in [0.25, 0.3) is 0 Å². The number of rotatable bonds is 4. The molecule has 108 valence electrons. The molecule has 1 heterocycles. The van der Waals surface area contributed by atoms with Gasteiger partial charge in [0, 0.05) is 28.4 Å². The van der Waals surface area contributed by atoms with E-state index in [1.165, 1.54) is 10.6 Å². The zero-order valence-electron chi connectivity index (χ0n) is 12.4. The Kier molecular flexibility index (Phi) is 4.84. The summed E-state index contributed by atoms with van der Waals surface area (Å²) in [4.78, 5) is 4.70. The molecule has 0 aliphatic rings. The van der Waals surface area contributed by atoms with Crippen molar-refractivity contribution in [3.63, 3.8) is 0 Å². The molecule has 2 nitrogen and oxygen atoms in total. The molecule has 0 aliphatic carbocycles. The van der Waals surface area contributed by atoms with Gasteiger partial charge in [0.15, 0.2) is 0 Å². The van der Waals surface area contributed by atoms with Crippen molar-refractivity contribution in [1.29, 1.82) is 0 Å². The quantitative estimate of drug-likeness (QED) is 0.865. The van der Waals surface area contributed by atoms with E-state index >= 15 is 0 Å². The third-order valence-corrected chi connectivity index (χ3v) is 4.72. The average Bonchev–Trinajstić information content (AvgIpc) is 2.85. The van der Waals surface area contributed by atoms with E-state index in [1.807, 2.05) is 12.1 Å². The molecule has 0 radical (unpaired) electrons. The summed E-state index contributed by atoms with van der Waals surface area (Å²) < 4.78 is 0. The normalized spacial score (nSPS) is 13.4. The van der Waals surface area contributed by atoms with Crippen LogP contribution in [0, 0.1) is 0 Å². The fourth-order valence-corrected chi connectivity index (χ4v) is 2.89. The summed E-state index contributed by atoms with van der Waals surface area (Å²) in [5.74, 6) is 0. The molecule has 0 amide bonds. The smallest absolute Gasteiger partial charge is 0.0982 e. The summed E-state index contributed by atoms with van der Waals surface area (Å²) >= 11 is 7.64. The lowest BCUT2D eigenvalue weighted by Crippen LogP contribution is -2.18. The standard InChI is InChI=1S/C16H21ClN2S/c1-11(12-5-7-13(17)8-6-12)18-9-14-10-20-15(19-14)16(2,3)4/h5-8,10-11,18H,9H2,1-4H3. The number of nitrogens with one attached hydrogen (secondary N) is 1. The number of hydrogen-bond acceptors (Lipinski definition) is 3. The Morgan fingerprint density at radius 1 is 1.25 bits per heavy atom. The fraction of sp³-hybridized carbons (Fsp3) is 0.438. The second kappa shape index (κ2) is 6.25. The minimum atomic E-state index is 0.130. The van der Waals surface area contributed by atoms with Crippen LogP contribution in [-0.2, 0) is 12.0 Å². The van der Waals surface area contributed by atoms with E-state index in [1.54, 1.807) is 11.3 Å². The molecule has 0 saturated heterocycles. The monoisotopic (exact) mass is 308 g/mol. The first-order chi connectivity index (χ1) is 9.36. The van der Waals surface area contributed by atoms with Crippen LogP contribution in [0.4, 0.5) is 0 Å². The number of aromatic nitrogens is 1. The van der Waals surface area contributed by atoms with Crippen molar-refractivity contribution in [3.8, 4) is 0 Å². The fourth-order valence-electron chi connectivity index (χ4n) is 1.86. The first-order valence-corrected chi connectivity index (χ1v) is 8.06. The highest BCUT2D eigenvalue weighted by molar-refractivity contribution is 7.09. The maximum atomic E-state index is 5.91. The second-order valence-corrected chi connectivity index (χ2v) is 7.34. The van der Waals surface area contributed by atoms with E-state index in [0.29, 0.717) is 0 Å². The summed E-state index contributed by atoms with van der Waals surface area (Å²) in [6.07, 6.45) is 0. The van der Waals surface area contributed by atoms with Crippen molar-refractivity contribution < 1.29 is 0 Å². The second-order valence-electron chi connectivity index (χ2n) is 6.05. The van der Waals surface area contributed by atoms with Gasteiger partial charge in [-0.25, -0.2) is 4.98 Å². The molecule has 1 N–H and O–H groups in total. The van der Waals surface area contributed by atoms with E-state index < -0.39 is 0 Å².